The number of carbonyl (C=O) groups excluding carboxylic acids is 2. The summed E-state index contributed by atoms with van der Waals surface area (Å²) >= 11 is 0. The predicted molar refractivity (Wildman–Crippen MR) is 100 cm³/mol. The molecule has 1 aliphatic heterocycles. The van der Waals surface area contributed by atoms with Gasteiger partial charge in [-0.3, -0.25) is 14.5 Å². The third-order valence-electron chi connectivity index (χ3n) is 4.68. The highest BCUT2D eigenvalue weighted by atomic mass is 16.2. The number of carbonyl (C=O) groups is 2. The van der Waals surface area contributed by atoms with Gasteiger partial charge in [0.05, 0.1) is 6.54 Å². The summed E-state index contributed by atoms with van der Waals surface area (Å²) in [7, 11) is 0. The molecule has 0 spiro atoms. The fourth-order valence-electron chi connectivity index (χ4n) is 3.17. The molecule has 0 aromatic heterocycles. The summed E-state index contributed by atoms with van der Waals surface area (Å²) < 4.78 is 0. The smallest absolute Gasteiger partial charge is 0.234 e. The van der Waals surface area contributed by atoms with Gasteiger partial charge in [-0.2, -0.15) is 0 Å². The van der Waals surface area contributed by atoms with E-state index in [1.54, 1.807) is 0 Å². The molecule has 0 saturated carbocycles. The first-order valence-corrected chi connectivity index (χ1v) is 9.49. The molecular weight excluding hydrogens is 314 g/mol. The fourth-order valence-corrected chi connectivity index (χ4v) is 3.17. The van der Waals surface area contributed by atoms with Crippen molar-refractivity contribution in [1.29, 1.82) is 0 Å². The molecule has 138 valence electrons. The minimum atomic E-state index is 0.0851. The van der Waals surface area contributed by atoms with E-state index in [0.29, 0.717) is 13.1 Å². The molecule has 5 nitrogen and oxygen atoms in total. The van der Waals surface area contributed by atoms with Crippen LogP contribution in [-0.2, 0) is 16.0 Å². The van der Waals surface area contributed by atoms with Gasteiger partial charge in [-0.15, -0.1) is 0 Å². The van der Waals surface area contributed by atoms with Gasteiger partial charge in [0.2, 0.25) is 11.8 Å². The van der Waals surface area contributed by atoms with Crippen LogP contribution in [0.1, 0.15) is 38.2 Å². The zero-order chi connectivity index (χ0) is 17.9. The van der Waals surface area contributed by atoms with Gasteiger partial charge < -0.3 is 10.6 Å². The summed E-state index contributed by atoms with van der Waals surface area (Å²) in [6.45, 7) is 5.60. The number of piperidine rings is 1. The quantitative estimate of drug-likeness (QED) is 0.673. The van der Waals surface area contributed by atoms with Gasteiger partial charge in [0, 0.05) is 19.0 Å². The van der Waals surface area contributed by atoms with Crippen molar-refractivity contribution in [3.63, 3.8) is 0 Å². The first kappa shape index (κ1) is 19.4. The minimum absolute atomic E-state index is 0.0851. The third-order valence-corrected chi connectivity index (χ3v) is 4.68. The zero-order valence-corrected chi connectivity index (χ0v) is 15.3. The third kappa shape index (κ3) is 7.26. The van der Waals surface area contributed by atoms with Crippen LogP contribution in [-0.4, -0.2) is 49.4 Å². The maximum absolute atomic E-state index is 12.0. The maximum atomic E-state index is 12.0. The Labute approximate surface area is 151 Å². The lowest BCUT2D eigenvalue weighted by Crippen LogP contribution is -2.44. The van der Waals surface area contributed by atoms with Gasteiger partial charge in [0.25, 0.3) is 0 Å². The lowest BCUT2D eigenvalue weighted by Gasteiger charge is -2.30. The fraction of sp³-hybridized carbons (Fsp3) is 0.600. The lowest BCUT2D eigenvalue weighted by atomic mass is 9.96. The molecule has 1 fully saturated rings. The second-order valence-electron chi connectivity index (χ2n) is 6.78. The van der Waals surface area contributed by atoms with Gasteiger partial charge in [-0.1, -0.05) is 37.3 Å². The van der Waals surface area contributed by atoms with Crippen molar-refractivity contribution in [3.05, 3.63) is 35.9 Å². The lowest BCUT2D eigenvalue weighted by molar-refractivity contribution is -0.126. The van der Waals surface area contributed by atoms with Crippen molar-refractivity contribution in [3.8, 4) is 0 Å². The van der Waals surface area contributed by atoms with E-state index < -0.39 is 0 Å². The molecule has 1 aliphatic rings. The molecule has 0 radical (unpaired) electrons. The van der Waals surface area contributed by atoms with Gasteiger partial charge >= 0.3 is 0 Å². The summed E-state index contributed by atoms with van der Waals surface area (Å²) in [6.07, 6.45) is 4.59. The second kappa shape index (κ2) is 10.9. The van der Waals surface area contributed by atoms with Crippen molar-refractivity contribution in [2.24, 2.45) is 5.92 Å². The molecule has 1 saturated heterocycles. The SMILES string of the molecule is CCCNC(=O)C1CCN(CC(=O)NCCCc2ccccc2)CC1. The van der Waals surface area contributed by atoms with Crippen LogP contribution in [0.5, 0.6) is 0 Å². The Kier molecular flexibility index (Phi) is 8.46. The predicted octanol–water partition coefficient (Wildman–Crippen LogP) is 1.97. The minimum Gasteiger partial charge on any atom is -0.356 e. The average Bonchev–Trinajstić information content (AvgIpc) is 2.65. The Morgan fingerprint density at radius 1 is 1.08 bits per heavy atom. The zero-order valence-electron chi connectivity index (χ0n) is 15.3. The summed E-state index contributed by atoms with van der Waals surface area (Å²) in [5.41, 5.74) is 1.31. The highest BCUT2D eigenvalue weighted by molar-refractivity contribution is 5.79. The van der Waals surface area contributed by atoms with Crippen molar-refractivity contribution in [2.75, 3.05) is 32.7 Å². The van der Waals surface area contributed by atoms with Crippen LogP contribution >= 0.6 is 0 Å². The highest BCUT2D eigenvalue weighted by Crippen LogP contribution is 2.17. The Hall–Kier alpha value is -1.88. The molecule has 5 heteroatoms. The monoisotopic (exact) mass is 345 g/mol. The summed E-state index contributed by atoms with van der Waals surface area (Å²) in [4.78, 5) is 26.2. The topological polar surface area (TPSA) is 61.4 Å². The number of benzene rings is 1. The summed E-state index contributed by atoms with van der Waals surface area (Å²) in [5.74, 6) is 0.366. The first-order valence-electron chi connectivity index (χ1n) is 9.49. The van der Waals surface area contributed by atoms with Crippen LogP contribution in [0.25, 0.3) is 0 Å². The molecule has 0 unspecified atom stereocenters. The molecule has 2 amide bonds. The molecule has 25 heavy (non-hydrogen) atoms. The number of nitrogens with one attached hydrogen (secondary N) is 2. The highest BCUT2D eigenvalue weighted by Gasteiger charge is 2.25. The van der Waals surface area contributed by atoms with Crippen molar-refractivity contribution in [1.82, 2.24) is 15.5 Å². The maximum Gasteiger partial charge on any atom is 0.234 e. The van der Waals surface area contributed by atoms with Crippen LogP contribution < -0.4 is 10.6 Å². The molecule has 1 heterocycles. The van der Waals surface area contributed by atoms with E-state index in [1.807, 2.05) is 18.2 Å². The standard InChI is InChI=1S/C20H31N3O2/c1-2-12-22-20(25)18-10-14-23(15-11-18)16-19(24)21-13-6-9-17-7-4-3-5-8-17/h3-5,7-8,18H,2,6,9-16H2,1H3,(H,21,24)(H,22,25). The van der Waals surface area contributed by atoms with E-state index in [4.69, 9.17) is 0 Å². The van der Waals surface area contributed by atoms with Gasteiger partial charge in [0.1, 0.15) is 0 Å². The molecule has 2 rings (SSSR count). The number of hydrogen-bond acceptors (Lipinski definition) is 3. The van der Waals surface area contributed by atoms with Crippen LogP contribution in [0.15, 0.2) is 30.3 Å². The van der Waals surface area contributed by atoms with Crippen LogP contribution in [0.4, 0.5) is 0 Å². The van der Waals surface area contributed by atoms with Gasteiger partial charge in [0.15, 0.2) is 0 Å². The molecule has 0 atom stereocenters. The molecule has 2 N–H and O–H groups in total. The normalized spacial score (nSPS) is 15.7. The number of nitrogens with zero attached hydrogens (tertiary/aromatic N) is 1. The number of hydrogen-bond donors (Lipinski definition) is 2. The molecule has 0 aliphatic carbocycles. The van der Waals surface area contributed by atoms with Crippen LogP contribution in [0.2, 0.25) is 0 Å². The van der Waals surface area contributed by atoms with Crippen LogP contribution in [0.3, 0.4) is 0 Å². The van der Waals surface area contributed by atoms with Crippen molar-refractivity contribution in [2.45, 2.75) is 39.0 Å². The Morgan fingerprint density at radius 3 is 2.48 bits per heavy atom. The van der Waals surface area contributed by atoms with E-state index in [9.17, 15) is 9.59 Å². The summed E-state index contributed by atoms with van der Waals surface area (Å²) in [6, 6.07) is 10.3. The molecule has 1 aromatic carbocycles. The van der Waals surface area contributed by atoms with E-state index in [2.05, 4.69) is 34.6 Å². The van der Waals surface area contributed by atoms with E-state index in [1.165, 1.54) is 5.56 Å². The van der Waals surface area contributed by atoms with Crippen LogP contribution in [0, 0.1) is 5.92 Å². The first-order chi connectivity index (χ1) is 12.2. The summed E-state index contributed by atoms with van der Waals surface area (Å²) in [5, 5.41) is 5.97. The Bertz CT molecular complexity index is 525. The van der Waals surface area contributed by atoms with E-state index in [-0.39, 0.29) is 17.7 Å². The number of amides is 2. The van der Waals surface area contributed by atoms with Gasteiger partial charge in [-0.05, 0) is 50.8 Å². The Balaban J connectivity index is 1.56. The van der Waals surface area contributed by atoms with Gasteiger partial charge in [-0.25, -0.2) is 0 Å². The largest absolute Gasteiger partial charge is 0.356 e. The van der Waals surface area contributed by atoms with E-state index >= 15 is 0 Å². The number of rotatable bonds is 9. The van der Waals surface area contributed by atoms with E-state index in [0.717, 1.165) is 51.7 Å². The second-order valence-corrected chi connectivity index (χ2v) is 6.78. The molecule has 1 aromatic rings. The number of aryl methyl sites for hydroxylation is 1. The average molecular weight is 345 g/mol. The van der Waals surface area contributed by atoms with Crippen molar-refractivity contribution < 1.29 is 9.59 Å². The molecular formula is C20H31N3O2. The molecule has 0 bridgehead atoms. The van der Waals surface area contributed by atoms with Crippen molar-refractivity contribution >= 4 is 11.8 Å². The number of likely N-dealkylation sites (tertiary alicyclic amines) is 1. The Morgan fingerprint density at radius 2 is 1.80 bits per heavy atom.